The van der Waals surface area contributed by atoms with Gasteiger partial charge in [0.2, 0.25) is 0 Å². The van der Waals surface area contributed by atoms with Crippen molar-refractivity contribution in [3.8, 4) is 16.9 Å². The molecule has 1 N–H and O–H groups in total. The second kappa shape index (κ2) is 5.80. The number of rotatable bonds is 3. The molecule has 2 bridgehead atoms. The summed E-state index contributed by atoms with van der Waals surface area (Å²) in [4.78, 5) is 10.8. The number of phenols is 1. The highest BCUT2D eigenvalue weighted by molar-refractivity contribution is 5.63. The molecule has 2 fully saturated rings. The summed E-state index contributed by atoms with van der Waals surface area (Å²) < 4.78 is 0. The number of hydrogen-bond donors (Lipinski definition) is 1. The average Bonchev–Trinajstić information content (AvgIpc) is 2.78. The Morgan fingerprint density at radius 2 is 1.88 bits per heavy atom. The fourth-order valence-corrected chi connectivity index (χ4v) is 5.32. The van der Waals surface area contributed by atoms with Gasteiger partial charge in [0.05, 0.1) is 0 Å². The molecule has 2 atom stereocenters. The Morgan fingerprint density at radius 3 is 2.64 bits per heavy atom. The summed E-state index contributed by atoms with van der Waals surface area (Å²) in [6.07, 6.45) is 8.99. The minimum Gasteiger partial charge on any atom is -0.508 e. The summed E-state index contributed by atoms with van der Waals surface area (Å²) in [5.41, 5.74) is 3.86. The normalized spacial score (nSPS) is 28.2. The lowest BCUT2D eigenvalue weighted by atomic mass is 9.65. The summed E-state index contributed by atoms with van der Waals surface area (Å²) in [7, 11) is 0. The molecular weight excluding hydrogens is 310 g/mol. The van der Waals surface area contributed by atoms with Crippen LogP contribution in [0.1, 0.15) is 45.6 Å². The fraction of sp³-hybridized carbons (Fsp3) is 0.524. The van der Waals surface area contributed by atoms with E-state index in [0.717, 1.165) is 29.8 Å². The maximum Gasteiger partial charge on any atom is 0.120 e. The molecule has 1 aromatic carbocycles. The first kappa shape index (κ1) is 16.5. The zero-order valence-electron chi connectivity index (χ0n) is 15.4. The first-order chi connectivity index (χ1) is 11.8. The number of fused-ring (bicyclic) bond motifs is 2. The largest absolute Gasteiger partial charge is 0.508 e. The van der Waals surface area contributed by atoms with E-state index in [4.69, 9.17) is 0 Å². The lowest BCUT2D eigenvalue weighted by Gasteiger charge is -2.40. The van der Waals surface area contributed by atoms with Crippen LogP contribution in [0.4, 0.5) is 0 Å². The van der Waals surface area contributed by atoms with Gasteiger partial charge < -0.3 is 5.11 Å². The Bertz CT molecular complexity index is 774. The summed E-state index contributed by atoms with van der Waals surface area (Å²) in [6, 6.07) is 6.44. The summed E-state index contributed by atoms with van der Waals surface area (Å²) in [5.74, 6) is 0.381. The van der Waals surface area contributed by atoms with E-state index in [1.807, 2.05) is 18.5 Å². The Balaban J connectivity index is 1.59. The summed E-state index contributed by atoms with van der Waals surface area (Å²) in [5, 5.41) is 10.4. The van der Waals surface area contributed by atoms with Gasteiger partial charge in [0, 0.05) is 42.7 Å². The van der Waals surface area contributed by atoms with Crippen LogP contribution in [0.3, 0.4) is 0 Å². The van der Waals surface area contributed by atoms with Crippen LogP contribution in [0.2, 0.25) is 0 Å². The Morgan fingerprint density at radius 1 is 1.12 bits per heavy atom. The smallest absolute Gasteiger partial charge is 0.120 e. The van der Waals surface area contributed by atoms with Crippen LogP contribution in [0.5, 0.6) is 5.75 Å². The van der Waals surface area contributed by atoms with Crippen LogP contribution in [0, 0.1) is 10.8 Å². The van der Waals surface area contributed by atoms with Crippen molar-refractivity contribution >= 4 is 0 Å². The van der Waals surface area contributed by atoms with Gasteiger partial charge in [0.25, 0.3) is 0 Å². The number of benzene rings is 1. The third-order valence-electron chi connectivity index (χ3n) is 5.87. The molecule has 0 amide bonds. The maximum absolute atomic E-state index is 10.4. The highest BCUT2D eigenvalue weighted by atomic mass is 16.3. The van der Waals surface area contributed by atoms with Gasteiger partial charge in [-0.2, -0.15) is 0 Å². The van der Waals surface area contributed by atoms with Crippen molar-refractivity contribution in [2.75, 3.05) is 6.54 Å². The molecule has 4 nitrogen and oxygen atoms in total. The third-order valence-corrected chi connectivity index (χ3v) is 5.87. The SMILES string of the molecule is CC1(C)C[C@H]2C[C@](C)(CN2Cc2cc(-c3cncnc3)ccc2O)C1. The van der Waals surface area contributed by atoms with Gasteiger partial charge in [-0.1, -0.05) is 26.8 Å². The van der Waals surface area contributed by atoms with Crippen LogP contribution in [-0.4, -0.2) is 32.6 Å². The minimum absolute atomic E-state index is 0.381. The lowest BCUT2D eigenvalue weighted by molar-refractivity contribution is 0.126. The van der Waals surface area contributed by atoms with Crippen molar-refractivity contribution in [2.45, 2.75) is 52.6 Å². The van der Waals surface area contributed by atoms with Crippen LogP contribution in [0.25, 0.3) is 11.1 Å². The molecule has 132 valence electrons. The van der Waals surface area contributed by atoms with E-state index in [9.17, 15) is 5.11 Å². The molecule has 25 heavy (non-hydrogen) atoms. The quantitative estimate of drug-likeness (QED) is 0.909. The predicted molar refractivity (Wildman–Crippen MR) is 99.1 cm³/mol. The molecule has 2 aromatic rings. The highest BCUT2D eigenvalue weighted by Gasteiger charge is 2.49. The lowest BCUT2D eigenvalue weighted by Crippen LogP contribution is -2.34. The van der Waals surface area contributed by atoms with E-state index in [-0.39, 0.29) is 0 Å². The molecule has 2 heterocycles. The topological polar surface area (TPSA) is 49.2 Å². The van der Waals surface area contributed by atoms with E-state index < -0.39 is 0 Å². The number of nitrogens with zero attached hydrogens (tertiary/aromatic N) is 3. The number of phenolic OH excluding ortho intramolecular Hbond substituents is 1. The summed E-state index contributed by atoms with van der Waals surface area (Å²) >= 11 is 0. The van der Waals surface area contributed by atoms with E-state index in [0.29, 0.717) is 22.6 Å². The predicted octanol–water partition coefficient (Wildman–Crippen LogP) is 4.25. The first-order valence-corrected chi connectivity index (χ1v) is 9.15. The number of aromatic hydroxyl groups is 1. The van der Waals surface area contributed by atoms with Crippen molar-refractivity contribution in [3.05, 3.63) is 42.5 Å². The first-order valence-electron chi connectivity index (χ1n) is 9.15. The van der Waals surface area contributed by atoms with E-state index in [2.05, 4.69) is 41.7 Å². The molecule has 1 aromatic heterocycles. The van der Waals surface area contributed by atoms with E-state index >= 15 is 0 Å². The number of hydrogen-bond acceptors (Lipinski definition) is 4. The Labute approximate surface area is 149 Å². The van der Waals surface area contributed by atoms with Gasteiger partial charge in [0.1, 0.15) is 12.1 Å². The highest BCUT2D eigenvalue weighted by Crippen LogP contribution is 2.52. The molecule has 4 heteroatoms. The standard InChI is InChI=1S/C21H27N3O/c1-20(2)7-18-8-21(3,12-20)13-24(18)11-16-6-15(4-5-19(16)25)17-9-22-14-23-10-17/h4-6,9-10,14,18,25H,7-8,11-13H2,1-3H3/t18-,21-/m0/s1. The van der Waals surface area contributed by atoms with Crippen molar-refractivity contribution in [1.29, 1.82) is 0 Å². The van der Waals surface area contributed by atoms with Crippen LogP contribution in [-0.2, 0) is 6.54 Å². The molecular formula is C21H27N3O. The van der Waals surface area contributed by atoms with Crippen LogP contribution >= 0.6 is 0 Å². The van der Waals surface area contributed by atoms with E-state index in [1.54, 1.807) is 6.07 Å². The average molecular weight is 337 g/mol. The molecule has 1 aliphatic carbocycles. The number of likely N-dealkylation sites (tertiary alicyclic amines) is 1. The molecule has 0 spiro atoms. The van der Waals surface area contributed by atoms with Gasteiger partial charge in [0.15, 0.2) is 0 Å². The molecule has 1 saturated heterocycles. The fourth-order valence-electron chi connectivity index (χ4n) is 5.32. The van der Waals surface area contributed by atoms with Crippen molar-refractivity contribution in [2.24, 2.45) is 10.8 Å². The summed E-state index contributed by atoms with van der Waals surface area (Å²) in [6.45, 7) is 9.16. The maximum atomic E-state index is 10.4. The minimum atomic E-state index is 0.381. The zero-order chi connectivity index (χ0) is 17.7. The second-order valence-corrected chi connectivity index (χ2v) is 9.09. The Kier molecular flexibility index (Phi) is 3.84. The van der Waals surface area contributed by atoms with Gasteiger partial charge in [-0.05, 0) is 47.8 Å². The van der Waals surface area contributed by atoms with E-state index in [1.165, 1.54) is 25.6 Å². The second-order valence-electron chi connectivity index (χ2n) is 9.09. The van der Waals surface area contributed by atoms with Crippen molar-refractivity contribution in [3.63, 3.8) is 0 Å². The van der Waals surface area contributed by atoms with Crippen molar-refractivity contribution < 1.29 is 5.11 Å². The zero-order valence-corrected chi connectivity index (χ0v) is 15.4. The Hall–Kier alpha value is -1.94. The van der Waals surface area contributed by atoms with Gasteiger partial charge in [-0.15, -0.1) is 0 Å². The third kappa shape index (κ3) is 3.28. The molecule has 0 unspecified atom stereocenters. The van der Waals surface area contributed by atoms with Gasteiger partial charge in [-0.25, -0.2) is 9.97 Å². The number of aromatic nitrogens is 2. The van der Waals surface area contributed by atoms with Crippen molar-refractivity contribution in [1.82, 2.24) is 14.9 Å². The van der Waals surface area contributed by atoms with Gasteiger partial charge >= 0.3 is 0 Å². The molecule has 0 radical (unpaired) electrons. The molecule has 4 rings (SSSR count). The molecule has 2 aliphatic rings. The molecule has 1 aliphatic heterocycles. The monoisotopic (exact) mass is 337 g/mol. The van der Waals surface area contributed by atoms with Crippen LogP contribution < -0.4 is 0 Å². The molecule has 1 saturated carbocycles. The van der Waals surface area contributed by atoms with Crippen LogP contribution in [0.15, 0.2) is 36.9 Å². The van der Waals surface area contributed by atoms with Gasteiger partial charge in [-0.3, -0.25) is 4.90 Å².